The highest BCUT2D eigenvalue weighted by molar-refractivity contribution is 5.79. The van der Waals surface area contributed by atoms with Crippen molar-refractivity contribution in [1.29, 1.82) is 0 Å². The first kappa shape index (κ1) is 15.8. The van der Waals surface area contributed by atoms with Crippen LogP contribution in [0.5, 0.6) is 0 Å². The molecule has 0 aromatic rings. The summed E-state index contributed by atoms with van der Waals surface area (Å²) in [4.78, 5) is 24.9. The Bertz CT molecular complexity index is 335. The number of amides is 2. The summed E-state index contributed by atoms with van der Waals surface area (Å²) < 4.78 is 4.93. The third kappa shape index (κ3) is 3.83. The third-order valence-corrected chi connectivity index (χ3v) is 3.93. The molecule has 1 aliphatic rings. The van der Waals surface area contributed by atoms with Gasteiger partial charge in [0.1, 0.15) is 0 Å². The van der Waals surface area contributed by atoms with Crippen LogP contribution in [0, 0.1) is 5.41 Å². The molecule has 1 saturated carbocycles. The second-order valence-corrected chi connectivity index (χ2v) is 5.38. The van der Waals surface area contributed by atoms with Gasteiger partial charge in [-0.2, -0.15) is 0 Å². The largest absolute Gasteiger partial charge is 0.481 e. The van der Waals surface area contributed by atoms with Gasteiger partial charge in [0.25, 0.3) is 0 Å². The van der Waals surface area contributed by atoms with Crippen molar-refractivity contribution < 1.29 is 19.4 Å². The van der Waals surface area contributed by atoms with Gasteiger partial charge in [-0.05, 0) is 26.2 Å². The molecule has 1 fully saturated rings. The van der Waals surface area contributed by atoms with Crippen molar-refractivity contribution in [3.05, 3.63) is 0 Å². The SMILES string of the molecule is COCCCN(C)C(=O)NC1CCCC1(C)C(=O)O. The molecule has 110 valence electrons. The molecule has 2 amide bonds. The van der Waals surface area contributed by atoms with Crippen LogP contribution in [-0.2, 0) is 9.53 Å². The van der Waals surface area contributed by atoms with Crippen molar-refractivity contribution in [2.75, 3.05) is 27.3 Å². The standard InChI is InChI=1S/C13H24N2O4/c1-13(11(16)17)7-4-6-10(13)14-12(18)15(2)8-5-9-19-3/h10H,4-9H2,1-3H3,(H,14,18)(H,16,17). The Balaban J connectivity index is 2.49. The molecule has 1 rings (SSSR count). The van der Waals surface area contributed by atoms with Gasteiger partial charge in [-0.15, -0.1) is 0 Å². The third-order valence-electron chi connectivity index (χ3n) is 3.93. The number of methoxy groups -OCH3 is 1. The summed E-state index contributed by atoms with van der Waals surface area (Å²) in [6.07, 6.45) is 2.93. The van der Waals surface area contributed by atoms with Gasteiger partial charge in [0.2, 0.25) is 0 Å². The van der Waals surface area contributed by atoms with Gasteiger partial charge < -0.3 is 20.1 Å². The zero-order chi connectivity index (χ0) is 14.5. The van der Waals surface area contributed by atoms with Crippen LogP contribution >= 0.6 is 0 Å². The molecule has 0 aliphatic heterocycles. The normalized spacial score (nSPS) is 26.2. The van der Waals surface area contributed by atoms with E-state index in [1.165, 1.54) is 0 Å². The van der Waals surface area contributed by atoms with E-state index in [2.05, 4.69) is 5.32 Å². The molecule has 0 aromatic heterocycles. The average Bonchev–Trinajstić information content (AvgIpc) is 2.72. The first-order valence-corrected chi connectivity index (χ1v) is 6.65. The zero-order valence-corrected chi connectivity index (χ0v) is 11.9. The summed E-state index contributed by atoms with van der Waals surface area (Å²) in [7, 11) is 3.33. The summed E-state index contributed by atoms with van der Waals surface area (Å²) in [5.74, 6) is -0.836. The van der Waals surface area contributed by atoms with E-state index in [1.807, 2.05) is 0 Å². The minimum atomic E-state index is -0.844. The molecular formula is C13H24N2O4. The topological polar surface area (TPSA) is 78.9 Å². The molecule has 2 atom stereocenters. The lowest BCUT2D eigenvalue weighted by Crippen LogP contribution is -2.50. The van der Waals surface area contributed by atoms with E-state index in [0.717, 1.165) is 19.3 Å². The average molecular weight is 272 g/mol. The summed E-state index contributed by atoms with van der Waals surface area (Å²) in [6.45, 7) is 2.91. The Kier molecular flexibility index (Phi) is 5.60. The number of ether oxygens (including phenoxy) is 1. The van der Waals surface area contributed by atoms with Crippen molar-refractivity contribution in [2.24, 2.45) is 5.41 Å². The van der Waals surface area contributed by atoms with Gasteiger partial charge in [0, 0.05) is 33.4 Å². The second-order valence-electron chi connectivity index (χ2n) is 5.38. The highest BCUT2D eigenvalue weighted by atomic mass is 16.5. The van der Waals surface area contributed by atoms with Crippen LogP contribution in [0.3, 0.4) is 0 Å². The number of carbonyl (C=O) groups excluding carboxylic acids is 1. The molecule has 0 bridgehead atoms. The number of aliphatic carboxylic acids is 1. The van der Waals surface area contributed by atoms with Crippen molar-refractivity contribution in [1.82, 2.24) is 10.2 Å². The Morgan fingerprint density at radius 1 is 1.53 bits per heavy atom. The summed E-state index contributed by atoms with van der Waals surface area (Å²) in [5.41, 5.74) is -0.844. The molecular weight excluding hydrogens is 248 g/mol. The lowest BCUT2D eigenvalue weighted by molar-refractivity contribution is -0.148. The molecule has 2 unspecified atom stereocenters. The minimum absolute atomic E-state index is 0.213. The van der Waals surface area contributed by atoms with Gasteiger partial charge in [0.15, 0.2) is 0 Å². The monoisotopic (exact) mass is 272 g/mol. The Hall–Kier alpha value is -1.30. The maximum absolute atomic E-state index is 12.0. The zero-order valence-electron chi connectivity index (χ0n) is 11.9. The van der Waals surface area contributed by atoms with Crippen molar-refractivity contribution in [3.8, 4) is 0 Å². The van der Waals surface area contributed by atoms with Crippen LogP contribution in [0.2, 0.25) is 0 Å². The van der Waals surface area contributed by atoms with Gasteiger partial charge in [-0.25, -0.2) is 4.79 Å². The molecule has 2 N–H and O–H groups in total. The predicted molar refractivity (Wildman–Crippen MR) is 71.0 cm³/mol. The number of hydrogen-bond donors (Lipinski definition) is 2. The summed E-state index contributed by atoms with van der Waals surface area (Å²) in [6, 6.07) is -0.502. The van der Waals surface area contributed by atoms with Crippen molar-refractivity contribution in [2.45, 2.75) is 38.6 Å². The predicted octanol–water partition coefficient (Wildman–Crippen LogP) is 1.31. The molecule has 0 heterocycles. The Morgan fingerprint density at radius 2 is 2.21 bits per heavy atom. The summed E-state index contributed by atoms with van der Waals surface area (Å²) in [5, 5.41) is 12.1. The lowest BCUT2D eigenvalue weighted by atomic mass is 9.85. The molecule has 0 radical (unpaired) electrons. The number of rotatable bonds is 6. The van der Waals surface area contributed by atoms with Gasteiger partial charge in [-0.1, -0.05) is 6.42 Å². The number of urea groups is 1. The van der Waals surface area contributed by atoms with E-state index in [4.69, 9.17) is 4.74 Å². The van der Waals surface area contributed by atoms with Gasteiger partial charge >= 0.3 is 12.0 Å². The van der Waals surface area contributed by atoms with E-state index in [1.54, 1.807) is 26.0 Å². The number of nitrogens with zero attached hydrogens (tertiary/aromatic N) is 1. The quantitative estimate of drug-likeness (QED) is 0.714. The van der Waals surface area contributed by atoms with E-state index < -0.39 is 11.4 Å². The van der Waals surface area contributed by atoms with E-state index >= 15 is 0 Å². The molecule has 1 aliphatic carbocycles. The van der Waals surface area contributed by atoms with Crippen LogP contribution < -0.4 is 5.32 Å². The summed E-state index contributed by atoms with van der Waals surface area (Å²) >= 11 is 0. The van der Waals surface area contributed by atoms with Crippen LogP contribution in [0.4, 0.5) is 4.79 Å². The number of carboxylic acids is 1. The van der Waals surface area contributed by atoms with Crippen LogP contribution in [0.15, 0.2) is 0 Å². The first-order chi connectivity index (χ1) is 8.91. The molecule has 19 heavy (non-hydrogen) atoms. The number of carboxylic acid groups (broad SMARTS) is 1. The van der Waals surface area contributed by atoms with Crippen LogP contribution in [-0.4, -0.2) is 55.4 Å². The van der Waals surface area contributed by atoms with E-state index in [-0.39, 0.29) is 12.1 Å². The fraction of sp³-hybridized carbons (Fsp3) is 0.846. The van der Waals surface area contributed by atoms with Gasteiger partial charge in [-0.3, -0.25) is 4.79 Å². The van der Waals surface area contributed by atoms with Crippen molar-refractivity contribution in [3.63, 3.8) is 0 Å². The maximum Gasteiger partial charge on any atom is 0.317 e. The number of hydrogen-bond acceptors (Lipinski definition) is 3. The van der Waals surface area contributed by atoms with Crippen LogP contribution in [0.1, 0.15) is 32.6 Å². The lowest BCUT2D eigenvalue weighted by Gasteiger charge is -2.29. The van der Waals surface area contributed by atoms with Crippen LogP contribution in [0.25, 0.3) is 0 Å². The van der Waals surface area contributed by atoms with E-state index in [0.29, 0.717) is 19.6 Å². The van der Waals surface area contributed by atoms with E-state index in [9.17, 15) is 14.7 Å². The van der Waals surface area contributed by atoms with Gasteiger partial charge in [0.05, 0.1) is 5.41 Å². The number of nitrogens with one attached hydrogen (secondary N) is 1. The number of carbonyl (C=O) groups is 2. The first-order valence-electron chi connectivity index (χ1n) is 6.65. The molecule has 6 nitrogen and oxygen atoms in total. The molecule has 0 spiro atoms. The molecule has 0 saturated heterocycles. The molecule has 0 aromatic carbocycles. The highest BCUT2D eigenvalue weighted by Gasteiger charge is 2.46. The Labute approximate surface area is 114 Å². The van der Waals surface area contributed by atoms with Crippen molar-refractivity contribution >= 4 is 12.0 Å². The Morgan fingerprint density at radius 3 is 2.79 bits per heavy atom. The highest BCUT2D eigenvalue weighted by Crippen LogP contribution is 2.38. The smallest absolute Gasteiger partial charge is 0.317 e. The fourth-order valence-corrected chi connectivity index (χ4v) is 2.46. The minimum Gasteiger partial charge on any atom is -0.481 e. The fourth-order valence-electron chi connectivity index (χ4n) is 2.46. The second kappa shape index (κ2) is 6.75. The maximum atomic E-state index is 12.0. The molecule has 6 heteroatoms.